The van der Waals surface area contributed by atoms with Gasteiger partial charge in [0.2, 0.25) is 5.91 Å². The predicted molar refractivity (Wildman–Crippen MR) is 104 cm³/mol. The molecule has 0 aromatic heterocycles. The maximum Gasteiger partial charge on any atom is 0.251 e. The van der Waals surface area contributed by atoms with Gasteiger partial charge in [-0.2, -0.15) is 0 Å². The standard InChI is InChI=1S/C20H25N3O3/c1-3-13-21-20(25)15-5-7-16(8-6-15)22-14-19(24)23-17-9-11-18(12-10-17)26-4-2/h5-12,22H,3-4,13-14H2,1-2H3,(H,21,25)(H,23,24). The molecule has 6 nitrogen and oxygen atoms in total. The molecule has 0 saturated heterocycles. The maximum absolute atomic E-state index is 12.0. The Kier molecular flexibility index (Phi) is 7.49. The van der Waals surface area contributed by atoms with Crippen molar-refractivity contribution < 1.29 is 14.3 Å². The van der Waals surface area contributed by atoms with E-state index in [2.05, 4.69) is 16.0 Å². The molecule has 6 heteroatoms. The number of amides is 2. The first-order valence-electron chi connectivity index (χ1n) is 8.77. The molecule has 2 rings (SSSR count). The van der Waals surface area contributed by atoms with Gasteiger partial charge in [0.05, 0.1) is 13.2 Å². The fourth-order valence-corrected chi connectivity index (χ4v) is 2.27. The molecule has 0 unspecified atom stereocenters. The van der Waals surface area contributed by atoms with Crippen LogP contribution >= 0.6 is 0 Å². The van der Waals surface area contributed by atoms with Crippen molar-refractivity contribution in [3.8, 4) is 5.75 Å². The van der Waals surface area contributed by atoms with Gasteiger partial charge < -0.3 is 20.7 Å². The molecule has 0 atom stereocenters. The van der Waals surface area contributed by atoms with Crippen LogP contribution in [0.15, 0.2) is 48.5 Å². The van der Waals surface area contributed by atoms with Crippen LogP contribution in [0.1, 0.15) is 30.6 Å². The number of rotatable bonds is 9. The van der Waals surface area contributed by atoms with Gasteiger partial charge in [0, 0.05) is 23.5 Å². The molecule has 0 aliphatic carbocycles. The van der Waals surface area contributed by atoms with Crippen LogP contribution in [0, 0.1) is 0 Å². The fraction of sp³-hybridized carbons (Fsp3) is 0.300. The van der Waals surface area contributed by atoms with E-state index < -0.39 is 0 Å². The molecule has 0 saturated carbocycles. The number of benzene rings is 2. The van der Waals surface area contributed by atoms with Crippen molar-refractivity contribution in [1.29, 1.82) is 0 Å². The summed E-state index contributed by atoms with van der Waals surface area (Å²) >= 11 is 0. The van der Waals surface area contributed by atoms with Crippen LogP contribution < -0.4 is 20.7 Å². The number of nitrogens with one attached hydrogen (secondary N) is 3. The van der Waals surface area contributed by atoms with Gasteiger partial charge in [-0.15, -0.1) is 0 Å². The SMILES string of the molecule is CCCNC(=O)c1ccc(NCC(=O)Nc2ccc(OCC)cc2)cc1. The first-order chi connectivity index (χ1) is 12.6. The summed E-state index contributed by atoms with van der Waals surface area (Å²) in [7, 11) is 0. The highest BCUT2D eigenvalue weighted by atomic mass is 16.5. The van der Waals surface area contributed by atoms with Crippen molar-refractivity contribution >= 4 is 23.2 Å². The van der Waals surface area contributed by atoms with E-state index in [1.54, 1.807) is 36.4 Å². The molecular formula is C20H25N3O3. The maximum atomic E-state index is 12.0. The van der Waals surface area contributed by atoms with Crippen LogP contribution in [0.4, 0.5) is 11.4 Å². The highest BCUT2D eigenvalue weighted by Gasteiger charge is 2.06. The van der Waals surface area contributed by atoms with E-state index in [0.29, 0.717) is 24.4 Å². The zero-order chi connectivity index (χ0) is 18.8. The second-order valence-electron chi connectivity index (χ2n) is 5.69. The summed E-state index contributed by atoms with van der Waals surface area (Å²) in [4.78, 5) is 23.9. The summed E-state index contributed by atoms with van der Waals surface area (Å²) in [5.74, 6) is 0.525. The van der Waals surface area contributed by atoms with Crippen molar-refractivity contribution in [2.75, 3.05) is 30.3 Å². The quantitative estimate of drug-likeness (QED) is 0.645. The molecule has 0 spiro atoms. The lowest BCUT2D eigenvalue weighted by atomic mass is 10.2. The van der Waals surface area contributed by atoms with Gasteiger partial charge >= 0.3 is 0 Å². The Morgan fingerprint density at radius 3 is 2.19 bits per heavy atom. The van der Waals surface area contributed by atoms with Crippen LogP contribution in [-0.2, 0) is 4.79 Å². The van der Waals surface area contributed by atoms with Gasteiger partial charge in [0.25, 0.3) is 5.91 Å². The van der Waals surface area contributed by atoms with E-state index in [4.69, 9.17) is 4.74 Å². The number of carbonyl (C=O) groups excluding carboxylic acids is 2. The van der Waals surface area contributed by atoms with Gasteiger partial charge in [-0.25, -0.2) is 0 Å². The fourth-order valence-electron chi connectivity index (χ4n) is 2.27. The summed E-state index contributed by atoms with van der Waals surface area (Å²) in [6.45, 7) is 5.32. The Morgan fingerprint density at radius 1 is 0.923 bits per heavy atom. The van der Waals surface area contributed by atoms with Crippen molar-refractivity contribution in [2.45, 2.75) is 20.3 Å². The largest absolute Gasteiger partial charge is 0.494 e. The number of hydrogen-bond donors (Lipinski definition) is 3. The van der Waals surface area contributed by atoms with Crippen LogP contribution in [-0.4, -0.2) is 31.5 Å². The monoisotopic (exact) mass is 355 g/mol. The molecule has 26 heavy (non-hydrogen) atoms. The lowest BCUT2D eigenvalue weighted by Gasteiger charge is -2.09. The Morgan fingerprint density at radius 2 is 1.58 bits per heavy atom. The van der Waals surface area contributed by atoms with E-state index in [0.717, 1.165) is 17.9 Å². The summed E-state index contributed by atoms with van der Waals surface area (Å²) in [5.41, 5.74) is 2.09. The molecule has 2 aromatic carbocycles. The zero-order valence-corrected chi connectivity index (χ0v) is 15.2. The smallest absolute Gasteiger partial charge is 0.251 e. The average Bonchev–Trinajstić information content (AvgIpc) is 2.66. The molecule has 3 N–H and O–H groups in total. The summed E-state index contributed by atoms with van der Waals surface area (Å²) in [6, 6.07) is 14.3. The highest BCUT2D eigenvalue weighted by molar-refractivity contribution is 5.95. The summed E-state index contributed by atoms with van der Waals surface area (Å²) < 4.78 is 5.37. The van der Waals surface area contributed by atoms with Crippen LogP contribution in [0.2, 0.25) is 0 Å². The average molecular weight is 355 g/mol. The Bertz CT molecular complexity index is 712. The Balaban J connectivity index is 1.80. The lowest BCUT2D eigenvalue weighted by molar-refractivity contribution is -0.114. The minimum atomic E-state index is -0.154. The first-order valence-corrected chi connectivity index (χ1v) is 8.77. The molecule has 0 aliphatic heterocycles. The number of hydrogen-bond acceptors (Lipinski definition) is 4. The van der Waals surface area contributed by atoms with E-state index in [1.165, 1.54) is 0 Å². The van der Waals surface area contributed by atoms with Crippen LogP contribution in [0.3, 0.4) is 0 Å². The van der Waals surface area contributed by atoms with Crippen molar-refractivity contribution in [3.63, 3.8) is 0 Å². The predicted octanol–water partition coefficient (Wildman–Crippen LogP) is 3.28. The number of ether oxygens (including phenoxy) is 1. The van der Waals surface area contributed by atoms with Gasteiger partial charge in [-0.3, -0.25) is 9.59 Å². The van der Waals surface area contributed by atoms with E-state index in [1.807, 2.05) is 26.0 Å². The first kappa shape index (κ1) is 19.3. The minimum Gasteiger partial charge on any atom is -0.494 e. The number of carbonyl (C=O) groups is 2. The van der Waals surface area contributed by atoms with Crippen molar-refractivity contribution in [1.82, 2.24) is 5.32 Å². The molecule has 138 valence electrons. The van der Waals surface area contributed by atoms with Gasteiger partial charge in [-0.1, -0.05) is 6.92 Å². The Labute approximate surface area is 153 Å². The van der Waals surface area contributed by atoms with Crippen LogP contribution in [0.25, 0.3) is 0 Å². The van der Waals surface area contributed by atoms with Gasteiger partial charge in [-0.05, 0) is 61.9 Å². The molecule has 2 amide bonds. The molecule has 0 heterocycles. The van der Waals surface area contributed by atoms with E-state index in [9.17, 15) is 9.59 Å². The van der Waals surface area contributed by atoms with Crippen LogP contribution in [0.5, 0.6) is 5.75 Å². The molecular weight excluding hydrogens is 330 g/mol. The molecule has 0 radical (unpaired) electrons. The lowest BCUT2D eigenvalue weighted by Crippen LogP contribution is -2.24. The third-order valence-electron chi connectivity index (χ3n) is 3.58. The normalized spacial score (nSPS) is 10.1. The summed E-state index contributed by atoms with van der Waals surface area (Å²) in [5, 5.41) is 8.68. The second kappa shape index (κ2) is 10.1. The zero-order valence-electron chi connectivity index (χ0n) is 15.2. The highest BCUT2D eigenvalue weighted by Crippen LogP contribution is 2.15. The third kappa shape index (κ3) is 6.12. The van der Waals surface area contributed by atoms with E-state index >= 15 is 0 Å². The number of anilines is 2. The molecule has 2 aromatic rings. The van der Waals surface area contributed by atoms with E-state index in [-0.39, 0.29) is 18.4 Å². The third-order valence-corrected chi connectivity index (χ3v) is 3.58. The van der Waals surface area contributed by atoms with Crippen molar-refractivity contribution in [2.24, 2.45) is 0 Å². The van der Waals surface area contributed by atoms with Gasteiger partial charge in [0.1, 0.15) is 5.75 Å². The Hall–Kier alpha value is -3.02. The molecule has 0 aliphatic rings. The molecule has 0 bridgehead atoms. The summed E-state index contributed by atoms with van der Waals surface area (Å²) in [6.07, 6.45) is 0.898. The topological polar surface area (TPSA) is 79.5 Å². The van der Waals surface area contributed by atoms with Gasteiger partial charge in [0.15, 0.2) is 0 Å². The minimum absolute atomic E-state index is 0.0911. The second-order valence-corrected chi connectivity index (χ2v) is 5.69. The molecule has 0 fully saturated rings. The van der Waals surface area contributed by atoms with Crippen molar-refractivity contribution in [3.05, 3.63) is 54.1 Å².